The maximum absolute atomic E-state index is 11.6. The summed E-state index contributed by atoms with van der Waals surface area (Å²) in [5.41, 5.74) is -0.214. The lowest BCUT2D eigenvalue weighted by Gasteiger charge is -2.35. The fraction of sp³-hybridized carbons (Fsp3) is 0.533. The molecule has 0 radical (unpaired) electrons. The zero-order chi connectivity index (χ0) is 13.9. The number of anilines is 1. The van der Waals surface area contributed by atoms with Gasteiger partial charge in [0.1, 0.15) is 11.3 Å². The summed E-state index contributed by atoms with van der Waals surface area (Å²) in [6, 6.07) is 7.42. The minimum atomic E-state index is -0.945. The van der Waals surface area contributed by atoms with Crippen LogP contribution in [0.2, 0.25) is 0 Å². The van der Waals surface area contributed by atoms with E-state index in [-0.39, 0.29) is 0 Å². The molecule has 2 rings (SSSR count). The zero-order valence-electron chi connectivity index (χ0n) is 11.5. The van der Waals surface area contributed by atoms with Gasteiger partial charge in [-0.05, 0) is 31.4 Å². The Morgan fingerprint density at radius 2 is 2.16 bits per heavy atom. The maximum atomic E-state index is 11.6. The molecule has 19 heavy (non-hydrogen) atoms. The predicted molar refractivity (Wildman–Crippen MR) is 74.6 cm³/mol. The molecule has 1 unspecified atom stereocenters. The number of aliphatic carboxylic acids is 1. The summed E-state index contributed by atoms with van der Waals surface area (Å²) in [5.74, 6) is 0.372. The molecule has 0 aliphatic heterocycles. The van der Waals surface area contributed by atoms with Crippen LogP contribution >= 0.6 is 0 Å². The first-order chi connectivity index (χ1) is 9.05. The summed E-state index contributed by atoms with van der Waals surface area (Å²) in [6.07, 6.45) is 4.14. The van der Waals surface area contributed by atoms with Crippen molar-refractivity contribution >= 4 is 11.7 Å². The first-order valence-corrected chi connectivity index (χ1v) is 6.70. The molecule has 1 aromatic carbocycles. The van der Waals surface area contributed by atoms with Crippen molar-refractivity contribution < 1.29 is 14.6 Å². The molecule has 0 heterocycles. The van der Waals surface area contributed by atoms with Gasteiger partial charge in [0.05, 0.1) is 12.8 Å². The molecule has 104 valence electrons. The molecule has 0 saturated heterocycles. The van der Waals surface area contributed by atoms with Crippen molar-refractivity contribution in [1.82, 2.24) is 0 Å². The van der Waals surface area contributed by atoms with E-state index in [4.69, 9.17) is 4.74 Å². The number of hydrogen-bond acceptors (Lipinski definition) is 3. The highest BCUT2D eigenvalue weighted by Gasteiger charge is 2.37. The Kier molecular flexibility index (Phi) is 3.98. The lowest BCUT2D eigenvalue weighted by atomic mass is 9.76. The van der Waals surface area contributed by atoms with Crippen LogP contribution in [0, 0.1) is 5.92 Å². The Bertz CT molecular complexity index is 456. The number of nitrogens with one attached hydrogen (secondary N) is 1. The van der Waals surface area contributed by atoms with E-state index >= 15 is 0 Å². The standard InChI is InChI=1S/C15H21NO3/c1-15(14(17)18,10-11-6-5-7-11)16-12-8-3-4-9-13(12)19-2/h3-4,8-9,11,16H,5-7,10H2,1-2H3,(H,17,18). The van der Waals surface area contributed by atoms with Gasteiger partial charge in [0.25, 0.3) is 0 Å². The maximum Gasteiger partial charge on any atom is 0.329 e. The first-order valence-electron chi connectivity index (χ1n) is 6.70. The minimum absolute atomic E-state index is 0.517. The predicted octanol–water partition coefficient (Wildman–Crippen LogP) is 3.14. The SMILES string of the molecule is COc1ccccc1NC(C)(CC1CCC1)C(=O)O. The van der Waals surface area contributed by atoms with Crippen LogP contribution in [0.3, 0.4) is 0 Å². The Morgan fingerprint density at radius 1 is 1.47 bits per heavy atom. The van der Waals surface area contributed by atoms with Crippen LogP contribution in [0.15, 0.2) is 24.3 Å². The molecule has 0 amide bonds. The fourth-order valence-corrected chi connectivity index (χ4v) is 2.51. The average Bonchev–Trinajstić information content (AvgIpc) is 2.34. The lowest BCUT2D eigenvalue weighted by molar-refractivity contribution is -0.142. The summed E-state index contributed by atoms with van der Waals surface area (Å²) in [6.45, 7) is 1.75. The molecule has 4 heteroatoms. The molecule has 1 saturated carbocycles. The Labute approximate surface area is 113 Å². The van der Waals surface area contributed by atoms with Crippen LogP contribution in [0.1, 0.15) is 32.6 Å². The van der Waals surface area contributed by atoms with E-state index in [1.54, 1.807) is 14.0 Å². The van der Waals surface area contributed by atoms with Crippen LogP contribution in [0.4, 0.5) is 5.69 Å². The molecule has 1 aromatic rings. The van der Waals surface area contributed by atoms with E-state index in [0.29, 0.717) is 18.1 Å². The molecule has 4 nitrogen and oxygen atoms in total. The minimum Gasteiger partial charge on any atom is -0.495 e. The van der Waals surface area contributed by atoms with Gasteiger partial charge in [-0.15, -0.1) is 0 Å². The summed E-state index contributed by atoms with van der Waals surface area (Å²) >= 11 is 0. The van der Waals surface area contributed by atoms with Gasteiger partial charge in [-0.1, -0.05) is 31.4 Å². The van der Waals surface area contributed by atoms with Gasteiger partial charge in [0.15, 0.2) is 0 Å². The molecular formula is C15H21NO3. The van der Waals surface area contributed by atoms with Crippen molar-refractivity contribution in [3.05, 3.63) is 24.3 Å². The van der Waals surface area contributed by atoms with Crippen molar-refractivity contribution in [3.63, 3.8) is 0 Å². The number of carboxylic acid groups (broad SMARTS) is 1. The highest BCUT2D eigenvalue weighted by molar-refractivity contribution is 5.83. The molecule has 0 aromatic heterocycles. The second kappa shape index (κ2) is 5.51. The number of hydrogen-bond donors (Lipinski definition) is 2. The van der Waals surface area contributed by atoms with Crippen molar-refractivity contribution in [1.29, 1.82) is 0 Å². The third-order valence-corrected chi connectivity index (χ3v) is 3.91. The number of carboxylic acids is 1. The first kappa shape index (κ1) is 13.7. The second-order valence-electron chi connectivity index (χ2n) is 5.46. The monoisotopic (exact) mass is 263 g/mol. The van der Waals surface area contributed by atoms with Crippen molar-refractivity contribution in [3.8, 4) is 5.75 Å². The normalized spacial score (nSPS) is 18.2. The molecule has 2 N–H and O–H groups in total. The van der Waals surface area contributed by atoms with E-state index in [1.165, 1.54) is 6.42 Å². The Hall–Kier alpha value is -1.71. The summed E-state index contributed by atoms with van der Waals surface area (Å²) < 4.78 is 5.26. The Balaban J connectivity index is 2.17. The molecule has 0 bridgehead atoms. The number of ether oxygens (including phenoxy) is 1. The van der Waals surface area contributed by atoms with Gasteiger partial charge in [0.2, 0.25) is 0 Å². The van der Waals surface area contributed by atoms with Crippen LogP contribution < -0.4 is 10.1 Å². The number of rotatable bonds is 6. The summed E-state index contributed by atoms with van der Waals surface area (Å²) in [7, 11) is 1.59. The van der Waals surface area contributed by atoms with Gasteiger partial charge < -0.3 is 15.2 Å². The van der Waals surface area contributed by atoms with Crippen LogP contribution in [0.25, 0.3) is 0 Å². The Morgan fingerprint density at radius 3 is 2.68 bits per heavy atom. The molecule has 0 spiro atoms. The quantitative estimate of drug-likeness (QED) is 0.827. The largest absolute Gasteiger partial charge is 0.495 e. The van der Waals surface area contributed by atoms with Gasteiger partial charge in [-0.25, -0.2) is 4.79 Å². The number of benzene rings is 1. The third-order valence-electron chi connectivity index (χ3n) is 3.91. The second-order valence-corrected chi connectivity index (χ2v) is 5.46. The summed E-state index contributed by atoms with van der Waals surface area (Å²) in [5, 5.41) is 12.7. The van der Waals surface area contributed by atoms with E-state index in [0.717, 1.165) is 18.5 Å². The topological polar surface area (TPSA) is 58.6 Å². The van der Waals surface area contributed by atoms with E-state index in [1.807, 2.05) is 24.3 Å². The number of para-hydroxylation sites is 2. The molecule has 1 fully saturated rings. The van der Waals surface area contributed by atoms with Crippen molar-refractivity contribution in [2.75, 3.05) is 12.4 Å². The van der Waals surface area contributed by atoms with Crippen LogP contribution in [-0.4, -0.2) is 23.7 Å². The zero-order valence-corrected chi connectivity index (χ0v) is 11.5. The third kappa shape index (κ3) is 3.00. The van der Waals surface area contributed by atoms with Crippen LogP contribution in [0.5, 0.6) is 5.75 Å². The van der Waals surface area contributed by atoms with Gasteiger partial charge >= 0.3 is 5.97 Å². The summed E-state index contributed by atoms with van der Waals surface area (Å²) in [4.78, 5) is 11.6. The highest BCUT2D eigenvalue weighted by atomic mass is 16.5. The smallest absolute Gasteiger partial charge is 0.329 e. The number of carbonyl (C=O) groups is 1. The fourth-order valence-electron chi connectivity index (χ4n) is 2.51. The number of methoxy groups -OCH3 is 1. The van der Waals surface area contributed by atoms with Gasteiger partial charge in [-0.2, -0.15) is 0 Å². The van der Waals surface area contributed by atoms with Crippen LogP contribution in [-0.2, 0) is 4.79 Å². The molecule has 1 aliphatic carbocycles. The average molecular weight is 263 g/mol. The van der Waals surface area contributed by atoms with E-state index in [9.17, 15) is 9.90 Å². The van der Waals surface area contributed by atoms with Gasteiger partial charge in [-0.3, -0.25) is 0 Å². The molecule has 1 aliphatic rings. The van der Waals surface area contributed by atoms with Crippen molar-refractivity contribution in [2.24, 2.45) is 5.92 Å². The molecular weight excluding hydrogens is 242 g/mol. The van der Waals surface area contributed by atoms with E-state index < -0.39 is 11.5 Å². The molecule has 1 atom stereocenters. The van der Waals surface area contributed by atoms with E-state index in [2.05, 4.69) is 5.32 Å². The highest BCUT2D eigenvalue weighted by Crippen LogP contribution is 2.36. The van der Waals surface area contributed by atoms with Crippen molar-refractivity contribution in [2.45, 2.75) is 38.1 Å². The lowest BCUT2D eigenvalue weighted by Crippen LogP contribution is -2.46. The van der Waals surface area contributed by atoms with Gasteiger partial charge in [0, 0.05) is 0 Å².